The first-order chi connectivity index (χ1) is 7.91. The van der Waals surface area contributed by atoms with E-state index >= 15 is 0 Å². The van der Waals surface area contributed by atoms with Gasteiger partial charge in [-0.3, -0.25) is 0 Å². The molecule has 0 aromatic heterocycles. The molecule has 0 aromatic carbocycles. The molecule has 4 heteroatoms. The number of aliphatic hydroxyl groups is 2. The van der Waals surface area contributed by atoms with Crippen molar-refractivity contribution in [2.45, 2.75) is 38.5 Å². The van der Waals surface area contributed by atoms with Gasteiger partial charge in [-0.15, -0.1) is 0 Å². The Morgan fingerprint density at radius 2 is 0.875 bits per heavy atom. The molecule has 0 aliphatic rings. The zero-order chi connectivity index (χ0) is 11.9. The quantitative estimate of drug-likeness (QED) is 0.503. The normalized spacial score (nSPS) is 10.9. The molecule has 0 aliphatic heterocycles. The number of hydrogen-bond acceptors (Lipinski definition) is 4. The van der Waals surface area contributed by atoms with Crippen LogP contribution in [-0.2, 0) is 0 Å². The Morgan fingerprint density at radius 1 is 0.500 bits per heavy atom. The zero-order valence-corrected chi connectivity index (χ0v) is 11.8. The third-order valence-corrected chi connectivity index (χ3v) is 4.53. The monoisotopic (exact) mass is 266 g/mol. The van der Waals surface area contributed by atoms with Gasteiger partial charge in [-0.05, 0) is 48.7 Å². The fourth-order valence-corrected chi connectivity index (χ4v) is 3.19. The Morgan fingerprint density at radius 3 is 1.25 bits per heavy atom. The largest absolute Gasteiger partial charge is 0.396 e. The van der Waals surface area contributed by atoms with Crippen molar-refractivity contribution >= 4 is 23.5 Å². The van der Waals surface area contributed by atoms with Gasteiger partial charge in [0.2, 0.25) is 0 Å². The Kier molecular flexibility index (Phi) is 16.2. The molecule has 0 spiro atoms. The molecule has 0 radical (unpaired) electrons. The van der Waals surface area contributed by atoms with Crippen molar-refractivity contribution in [3.63, 3.8) is 0 Å². The third kappa shape index (κ3) is 14.6. The highest BCUT2D eigenvalue weighted by Crippen LogP contribution is 2.11. The van der Waals surface area contributed by atoms with Gasteiger partial charge < -0.3 is 10.2 Å². The molecule has 0 heterocycles. The molecule has 0 fully saturated rings. The predicted molar refractivity (Wildman–Crippen MR) is 76.5 cm³/mol. The van der Waals surface area contributed by atoms with Gasteiger partial charge in [0.1, 0.15) is 0 Å². The number of hydrogen-bond donors (Lipinski definition) is 2. The topological polar surface area (TPSA) is 40.5 Å². The molecule has 0 aliphatic carbocycles. The minimum Gasteiger partial charge on any atom is -0.396 e. The lowest BCUT2D eigenvalue weighted by Crippen LogP contribution is -1.90. The van der Waals surface area contributed by atoms with Gasteiger partial charge in [0.05, 0.1) is 0 Å². The molecule has 0 atom stereocenters. The van der Waals surface area contributed by atoms with Crippen molar-refractivity contribution in [1.29, 1.82) is 0 Å². The fraction of sp³-hybridized carbons (Fsp3) is 1.00. The summed E-state index contributed by atoms with van der Waals surface area (Å²) < 4.78 is 0. The van der Waals surface area contributed by atoms with E-state index in [0.717, 1.165) is 24.3 Å². The maximum Gasteiger partial charge on any atom is 0.0438 e. The van der Waals surface area contributed by atoms with Crippen LogP contribution in [0.15, 0.2) is 0 Å². The smallest absolute Gasteiger partial charge is 0.0438 e. The van der Waals surface area contributed by atoms with E-state index in [1.54, 1.807) is 0 Å². The molecule has 0 bridgehead atoms. The number of aliphatic hydroxyl groups excluding tert-OH is 2. The van der Waals surface area contributed by atoms with Crippen LogP contribution in [0.5, 0.6) is 0 Å². The summed E-state index contributed by atoms with van der Waals surface area (Å²) in [6.07, 6.45) is 7.19. The van der Waals surface area contributed by atoms with Crippen molar-refractivity contribution in [1.82, 2.24) is 0 Å². The molecule has 0 unspecified atom stereocenters. The van der Waals surface area contributed by atoms with Crippen LogP contribution in [0.3, 0.4) is 0 Å². The summed E-state index contributed by atoms with van der Waals surface area (Å²) in [6.45, 7) is 0.663. The van der Waals surface area contributed by atoms with Crippen LogP contribution in [0, 0.1) is 0 Å². The van der Waals surface area contributed by atoms with Crippen LogP contribution in [0.2, 0.25) is 0 Å². The average molecular weight is 266 g/mol. The van der Waals surface area contributed by atoms with E-state index in [9.17, 15) is 0 Å². The summed E-state index contributed by atoms with van der Waals surface area (Å²) in [6, 6.07) is 0. The fourth-order valence-electron chi connectivity index (χ4n) is 1.30. The molecular formula is C12H26O2S2. The van der Waals surface area contributed by atoms with Crippen LogP contribution in [-0.4, -0.2) is 46.4 Å². The van der Waals surface area contributed by atoms with Gasteiger partial charge in [-0.25, -0.2) is 0 Å². The first kappa shape index (κ1) is 16.6. The zero-order valence-electron chi connectivity index (χ0n) is 10.2. The lowest BCUT2D eigenvalue weighted by molar-refractivity contribution is 0.296. The van der Waals surface area contributed by atoms with E-state index in [1.165, 1.54) is 37.2 Å². The lowest BCUT2D eigenvalue weighted by Gasteiger charge is -2.02. The third-order valence-electron chi connectivity index (χ3n) is 2.22. The van der Waals surface area contributed by atoms with Gasteiger partial charge in [-0.1, -0.05) is 12.8 Å². The molecule has 0 saturated carbocycles. The molecule has 0 saturated heterocycles. The van der Waals surface area contributed by atoms with Crippen LogP contribution < -0.4 is 0 Å². The van der Waals surface area contributed by atoms with E-state index in [2.05, 4.69) is 0 Å². The van der Waals surface area contributed by atoms with Crippen LogP contribution >= 0.6 is 23.5 Å². The number of unbranched alkanes of at least 4 members (excludes halogenated alkanes) is 3. The highest BCUT2D eigenvalue weighted by molar-refractivity contribution is 7.99. The number of rotatable bonds is 13. The van der Waals surface area contributed by atoms with Crippen LogP contribution in [0.4, 0.5) is 0 Å². The molecule has 2 nitrogen and oxygen atoms in total. The molecule has 0 aromatic rings. The first-order valence-electron chi connectivity index (χ1n) is 6.29. The second kappa shape index (κ2) is 15.6. The van der Waals surface area contributed by atoms with Crippen molar-refractivity contribution in [2.75, 3.05) is 36.2 Å². The van der Waals surface area contributed by atoms with Crippen LogP contribution in [0.25, 0.3) is 0 Å². The lowest BCUT2D eigenvalue weighted by atomic mass is 10.2. The second-order valence-corrected chi connectivity index (χ2v) is 6.24. The van der Waals surface area contributed by atoms with Gasteiger partial charge in [0.15, 0.2) is 0 Å². The van der Waals surface area contributed by atoms with E-state index < -0.39 is 0 Å². The standard InChI is InChI=1S/C12H26O2S2/c13-7-5-11-15-9-3-1-2-4-10-16-12-6-8-14/h13-14H,1-12H2. The van der Waals surface area contributed by atoms with Gasteiger partial charge >= 0.3 is 0 Å². The van der Waals surface area contributed by atoms with Crippen molar-refractivity contribution in [3.05, 3.63) is 0 Å². The Hall–Kier alpha value is 0.620. The Labute approximate surface area is 109 Å². The highest BCUT2D eigenvalue weighted by atomic mass is 32.2. The summed E-state index contributed by atoms with van der Waals surface area (Å²) in [5.41, 5.74) is 0. The van der Waals surface area contributed by atoms with E-state index in [1.807, 2.05) is 23.5 Å². The second-order valence-electron chi connectivity index (χ2n) is 3.79. The van der Waals surface area contributed by atoms with Crippen LogP contribution in [0.1, 0.15) is 38.5 Å². The highest BCUT2D eigenvalue weighted by Gasteiger charge is 1.93. The van der Waals surface area contributed by atoms with Gasteiger partial charge in [0, 0.05) is 13.2 Å². The summed E-state index contributed by atoms with van der Waals surface area (Å²) in [7, 11) is 0. The molecule has 98 valence electrons. The molecule has 16 heavy (non-hydrogen) atoms. The Balaban J connectivity index is 2.83. The average Bonchev–Trinajstić information content (AvgIpc) is 2.31. The van der Waals surface area contributed by atoms with Gasteiger partial charge in [0.25, 0.3) is 0 Å². The predicted octanol–water partition coefficient (Wildman–Crippen LogP) is 2.78. The SMILES string of the molecule is OCCCSCCCCCCSCCCO. The van der Waals surface area contributed by atoms with Gasteiger partial charge in [-0.2, -0.15) is 23.5 Å². The van der Waals surface area contributed by atoms with E-state index in [0.29, 0.717) is 13.2 Å². The molecular weight excluding hydrogens is 240 g/mol. The first-order valence-corrected chi connectivity index (χ1v) is 8.60. The summed E-state index contributed by atoms with van der Waals surface area (Å²) in [5, 5.41) is 17.2. The molecule has 2 N–H and O–H groups in total. The van der Waals surface area contributed by atoms with E-state index in [-0.39, 0.29) is 0 Å². The summed E-state index contributed by atoms with van der Waals surface area (Å²) >= 11 is 3.92. The van der Waals surface area contributed by atoms with Crippen molar-refractivity contribution < 1.29 is 10.2 Å². The van der Waals surface area contributed by atoms with Crippen molar-refractivity contribution in [2.24, 2.45) is 0 Å². The van der Waals surface area contributed by atoms with Crippen molar-refractivity contribution in [3.8, 4) is 0 Å². The summed E-state index contributed by atoms with van der Waals surface area (Å²) in [4.78, 5) is 0. The Bertz CT molecular complexity index is 110. The maximum absolute atomic E-state index is 8.60. The minimum atomic E-state index is 0.331. The van der Waals surface area contributed by atoms with E-state index in [4.69, 9.17) is 10.2 Å². The maximum atomic E-state index is 8.60. The summed E-state index contributed by atoms with van der Waals surface area (Å²) in [5.74, 6) is 4.70. The molecule has 0 rings (SSSR count). The number of thioether (sulfide) groups is 2. The minimum absolute atomic E-state index is 0.331. The molecule has 0 amide bonds.